The molecule has 0 amide bonds. The van der Waals surface area contributed by atoms with Crippen LogP contribution in [-0.2, 0) is 5.41 Å². The highest BCUT2D eigenvalue weighted by atomic mass is 14.2. The van der Waals surface area contributed by atoms with Crippen LogP contribution < -0.4 is 0 Å². The Hall–Kier alpha value is -4.42. The Morgan fingerprint density at radius 1 is 0.338 bits per heavy atom. The molecule has 1 fully saturated rings. The lowest BCUT2D eigenvalue weighted by molar-refractivity contribution is 0.279. The number of aryl methyl sites for hydroxylation is 3. The summed E-state index contributed by atoms with van der Waals surface area (Å²) in [4.78, 5) is 0. The van der Waals surface area contributed by atoms with Gasteiger partial charge in [0.25, 0.3) is 0 Å². The summed E-state index contributed by atoms with van der Waals surface area (Å²) in [6.07, 6.45) is 7.46. The molecule has 7 rings (SSSR count). The normalized spacial score (nSPS) is 12.1. The highest BCUT2D eigenvalue weighted by molar-refractivity contribution is 5.86. The fourth-order valence-corrected chi connectivity index (χ4v) is 8.06. The van der Waals surface area contributed by atoms with Gasteiger partial charge in [0.1, 0.15) is 0 Å². The van der Waals surface area contributed by atoms with Crippen LogP contribution in [0.1, 0.15) is 278 Å². The SMILES string of the molecule is CC(C)C.CC(C)C.CC(C)C.CC(C)C1CCCCC1.CC(C)c1ccc(C(C)(C)C)cc1.CC(C)c1cccc2ccccc12.CC(C)c1ccccc1.Cc1cc(C)cc(C(C)C)c1.Cc1ccc(C(C)C)cc1. The summed E-state index contributed by atoms with van der Waals surface area (Å²) in [5.74, 6) is 7.68. The Morgan fingerprint density at radius 2 is 0.701 bits per heavy atom. The van der Waals surface area contributed by atoms with Crippen molar-refractivity contribution >= 4 is 10.8 Å². The molecular weight excluding hydrogens is 925 g/mol. The number of hydrogen-bond donors (Lipinski definition) is 0. The second-order valence-corrected chi connectivity index (χ2v) is 26.8. The molecule has 0 spiro atoms. The van der Waals surface area contributed by atoms with Gasteiger partial charge in [0.15, 0.2) is 0 Å². The molecule has 6 aromatic rings. The summed E-state index contributed by atoms with van der Waals surface area (Å²) >= 11 is 0. The van der Waals surface area contributed by atoms with Crippen molar-refractivity contribution in [3.05, 3.63) is 190 Å². The molecule has 0 radical (unpaired) electrons. The third kappa shape index (κ3) is 38.7. The third-order valence-corrected chi connectivity index (χ3v) is 12.6. The van der Waals surface area contributed by atoms with Gasteiger partial charge in [-0.3, -0.25) is 0 Å². The van der Waals surface area contributed by atoms with E-state index in [9.17, 15) is 0 Å². The Balaban J connectivity index is 0. The quantitative estimate of drug-likeness (QED) is 0.156. The van der Waals surface area contributed by atoms with Crippen LogP contribution in [0.5, 0.6) is 0 Å². The first-order valence-corrected chi connectivity index (χ1v) is 30.6. The van der Waals surface area contributed by atoms with Crippen LogP contribution in [0.15, 0.2) is 140 Å². The van der Waals surface area contributed by atoms with Gasteiger partial charge in [-0.05, 0) is 130 Å². The smallest absolute Gasteiger partial charge is 0.0132 e. The standard InChI is InChI=1S/C13H14.C13H20.C11H16.C10H14.C9H18.C9H12.3C4H10/c1-10(2)12-9-5-7-11-6-3-4-8-13(11)12;1-10(2)11-6-8-12(9-7-11)13(3,4)5;1-8(2)11-6-9(3)5-10(4)7-11;1-8(2)10-6-4-9(3)5-7-10;2*1-8(2)9-6-4-3-5-7-9;3*1-4(2)3/h3-10H,1-2H3;6-10H,1-5H3;5-8H,1-4H3;4-8H,1-3H3;8-9H,3-7H2,1-2H3;3-8H,1-2H3;3*4H,1-3H3. The minimum Gasteiger partial charge on any atom is -0.0630 e. The van der Waals surface area contributed by atoms with Crippen LogP contribution >= 0.6 is 0 Å². The maximum atomic E-state index is 2.36. The second-order valence-electron chi connectivity index (χ2n) is 26.8. The summed E-state index contributed by atoms with van der Waals surface area (Å²) in [5, 5.41) is 2.73. The van der Waals surface area contributed by atoms with E-state index in [1.807, 2.05) is 6.07 Å². The summed E-state index contributed by atoms with van der Waals surface area (Å²) < 4.78 is 0. The maximum absolute atomic E-state index is 2.36. The highest BCUT2D eigenvalue weighted by Gasteiger charge is 2.16. The van der Waals surface area contributed by atoms with E-state index in [1.165, 1.54) is 92.9 Å². The molecule has 1 aliphatic carbocycles. The molecule has 0 nitrogen and oxygen atoms in total. The van der Waals surface area contributed by atoms with Crippen molar-refractivity contribution in [2.75, 3.05) is 0 Å². The van der Waals surface area contributed by atoms with Crippen molar-refractivity contribution in [1.82, 2.24) is 0 Å². The number of rotatable bonds is 6. The van der Waals surface area contributed by atoms with E-state index >= 15 is 0 Å². The van der Waals surface area contributed by atoms with Gasteiger partial charge in [-0.1, -0.05) is 354 Å². The molecule has 0 heterocycles. The van der Waals surface area contributed by atoms with Gasteiger partial charge in [-0.15, -0.1) is 0 Å². The van der Waals surface area contributed by atoms with Crippen molar-refractivity contribution in [1.29, 1.82) is 0 Å². The van der Waals surface area contributed by atoms with Gasteiger partial charge in [-0.2, -0.15) is 0 Å². The molecule has 1 aliphatic rings. The zero-order valence-electron chi connectivity index (χ0n) is 55.6. The van der Waals surface area contributed by atoms with Crippen LogP contribution in [0, 0.1) is 50.4 Å². The Kier molecular flexibility index (Phi) is 40.3. The van der Waals surface area contributed by atoms with Crippen molar-refractivity contribution < 1.29 is 0 Å². The monoisotopic (exact) mass is 1050 g/mol. The molecule has 0 unspecified atom stereocenters. The van der Waals surface area contributed by atoms with E-state index < -0.39 is 0 Å². The number of hydrogen-bond acceptors (Lipinski definition) is 0. The average molecular weight is 1050 g/mol. The zero-order chi connectivity index (χ0) is 59.4. The van der Waals surface area contributed by atoms with Crippen molar-refractivity contribution in [2.45, 2.75) is 254 Å². The fourth-order valence-electron chi connectivity index (χ4n) is 8.06. The Bertz CT molecular complexity index is 2230. The Morgan fingerprint density at radius 3 is 1.05 bits per heavy atom. The highest BCUT2D eigenvalue weighted by Crippen LogP contribution is 2.29. The molecule has 6 aromatic carbocycles. The molecule has 0 N–H and O–H groups in total. The average Bonchev–Trinajstić information content (AvgIpc) is 3.34. The molecule has 0 bridgehead atoms. The minimum absolute atomic E-state index is 0.273. The van der Waals surface area contributed by atoms with Gasteiger partial charge < -0.3 is 0 Å². The first-order chi connectivity index (χ1) is 35.8. The van der Waals surface area contributed by atoms with E-state index in [-0.39, 0.29) is 5.41 Å². The lowest BCUT2D eigenvalue weighted by Crippen LogP contribution is -2.12. The Labute approximate surface area is 481 Å². The molecule has 0 atom stereocenters. The van der Waals surface area contributed by atoms with Gasteiger partial charge in [-0.25, -0.2) is 0 Å². The zero-order valence-corrected chi connectivity index (χ0v) is 55.6. The number of benzene rings is 6. The molecular formula is C77H124. The maximum Gasteiger partial charge on any atom is -0.0132 e. The predicted molar refractivity (Wildman–Crippen MR) is 356 cm³/mol. The van der Waals surface area contributed by atoms with E-state index in [0.717, 1.165) is 29.6 Å². The lowest BCUT2D eigenvalue weighted by atomic mass is 9.82. The molecule has 0 aliphatic heterocycles. The van der Waals surface area contributed by atoms with E-state index in [4.69, 9.17) is 0 Å². The van der Waals surface area contributed by atoms with E-state index in [1.54, 1.807) is 0 Å². The topological polar surface area (TPSA) is 0 Å². The summed E-state index contributed by atoms with van der Waals surface area (Å²) in [6.45, 7) is 59.6. The summed E-state index contributed by atoms with van der Waals surface area (Å²) in [7, 11) is 0. The van der Waals surface area contributed by atoms with E-state index in [0.29, 0.717) is 29.6 Å². The molecule has 1 saturated carbocycles. The summed E-state index contributed by atoms with van der Waals surface area (Å²) in [5.41, 5.74) is 12.9. The molecule has 0 aromatic heterocycles. The van der Waals surface area contributed by atoms with Crippen molar-refractivity contribution in [3.63, 3.8) is 0 Å². The van der Waals surface area contributed by atoms with Gasteiger partial charge in [0.05, 0.1) is 0 Å². The van der Waals surface area contributed by atoms with Crippen LogP contribution in [0.25, 0.3) is 10.8 Å². The van der Waals surface area contributed by atoms with E-state index in [2.05, 4.69) is 320 Å². The van der Waals surface area contributed by atoms with Crippen LogP contribution in [0.2, 0.25) is 0 Å². The molecule has 432 valence electrons. The fraction of sp³-hybridized carbons (Fsp3) is 0.558. The van der Waals surface area contributed by atoms with Crippen LogP contribution in [0.3, 0.4) is 0 Å². The predicted octanol–water partition coefficient (Wildman–Crippen LogP) is 25.6. The molecule has 0 saturated heterocycles. The molecule has 0 heteroatoms. The minimum atomic E-state index is 0.273. The van der Waals surface area contributed by atoms with Crippen molar-refractivity contribution in [2.24, 2.45) is 29.6 Å². The van der Waals surface area contributed by atoms with Crippen LogP contribution in [0.4, 0.5) is 0 Å². The van der Waals surface area contributed by atoms with Gasteiger partial charge in [0.2, 0.25) is 0 Å². The largest absolute Gasteiger partial charge is 0.0630 e. The van der Waals surface area contributed by atoms with Gasteiger partial charge >= 0.3 is 0 Å². The summed E-state index contributed by atoms with van der Waals surface area (Å²) in [6, 6.07) is 50.0. The van der Waals surface area contributed by atoms with Gasteiger partial charge in [0, 0.05) is 0 Å². The second kappa shape index (κ2) is 41.6. The van der Waals surface area contributed by atoms with Crippen molar-refractivity contribution in [3.8, 4) is 0 Å². The third-order valence-electron chi connectivity index (χ3n) is 12.6. The van der Waals surface area contributed by atoms with Crippen LogP contribution in [-0.4, -0.2) is 0 Å². The first-order valence-electron chi connectivity index (χ1n) is 30.6. The number of fused-ring (bicyclic) bond motifs is 1. The first kappa shape index (κ1) is 74.7. The molecule has 77 heavy (non-hydrogen) atoms. The lowest BCUT2D eigenvalue weighted by Gasteiger charge is -2.24.